The second-order valence-corrected chi connectivity index (χ2v) is 8.81. The van der Waals surface area contributed by atoms with Gasteiger partial charge in [0.1, 0.15) is 11.8 Å². The van der Waals surface area contributed by atoms with Gasteiger partial charge in [-0.1, -0.05) is 17.7 Å². The van der Waals surface area contributed by atoms with Crippen LogP contribution in [0.25, 0.3) is 0 Å². The maximum atomic E-state index is 12.8. The van der Waals surface area contributed by atoms with Gasteiger partial charge in [0.25, 0.3) is 15.9 Å². The lowest BCUT2D eigenvalue weighted by molar-refractivity contribution is 0.0934. The Kier molecular flexibility index (Phi) is 5.74. The Morgan fingerprint density at radius 2 is 1.69 bits per heavy atom. The van der Waals surface area contributed by atoms with E-state index in [9.17, 15) is 13.2 Å². The number of hydrogen-bond acceptors (Lipinski definition) is 5. The van der Waals surface area contributed by atoms with E-state index in [1.54, 1.807) is 68.6 Å². The van der Waals surface area contributed by atoms with Gasteiger partial charge in [-0.2, -0.15) is 0 Å². The van der Waals surface area contributed by atoms with Crippen molar-refractivity contribution in [1.29, 1.82) is 0 Å². The monoisotopic (exact) mass is 413 g/mol. The number of carbonyl (C=O) groups is 1. The number of benzene rings is 2. The van der Waals surface area contributed by atoms with Crippen LogP contribution in [0.15, 0.2) is 64.0 Å². The number of nitrogens with zero attached hydrogens (tertiary/aromatic N) is 2. The Morgan fingerprint density at radius 1 is 1.07 bits per heavy atom. The number of oxazole rings is 1. The summed E-state index contributed by atoms with van der Waals surface area (Å²) in [5.74, 6) is 0.795. The summed E-state index contributed by atoms with van der Waals surface area (Å²) in [6.45, 7) is 5.46. The molecule has 0 aliphatic carbocycles. The molecule has 1 atom stereocenters. The number of rotatable bonds is 6. The van der Waals surface area contributed by atoms with E-state index in [4.69, 9.17) is 4.42 Å². The van der Waals surface area contributed by atoms with Crippen molar-refractivity contribution in [1.82, 2.24) is 10.3 Å². The van der Waals surface area contributed by atoms with Gasteiger partial charge in [0.15, 0.2) is 0 Å². The predicted octanol–water partition coefficient (Wildman–Crippen LogP) is 3.61. The summed E-state index contributed by atoms with van der Waals surface area (Å²) < 4.78 is 32.2. The van der Waals surface area contributed by atoms with E-state index in [1.807, 2.05) is 6.92 Å². The molecule has 0 aliphatic heterocycles. The van der Waals surface area contributed by atoms with Crippen molar-refractivity contribution >= 4 is 21.6 Å². The molecule has 0 aliphatic rings. The van der Waals surface area contributed by atoms with Crippen LogP contribution in [-0.4, -0.2) is 26.4 Å². The average Bonchev–Trinajstić information content (AvgIpc) is 3.14. The second-order valence-electron chi connectivity index (χ2n) is 6.84. The van der Waals surface area contributed by atoms with Crippen LogP contribution in [0.5, 0.6) is 0 Å². The van der Waals surface area contributed by atoms with Crippen molar-refractivity contribution in [3.05, 3.63) is 77.5 Å². The standard InChI is InChI=1S/C21H23N3O4S/c1-14-5-11-19(12-6-14)29(26,27)24(4)18-9-7-17(8-10-18)20(25)23-16(3)21-22-13-15(2)28-21/h5-13,16H,1-4H3,(H,23,25)/t16-/m1/s1. The first-order valence-corrected chi connectivity index (χ1v) is 10.5. The summed E-state index contributed by atoms with van der Waals surface area (Å²) in [5, 5.41) is 2.81. The first-order valence-electron chi connectivity index (χ1n) is 9.07. The topological polar surface area (TPSA) is 92.5 Å². The van der Waals surface area contributed by atoms with E-state index < -0.39 is 10.0 Å². The van der Waals surface area contributed by atoms with E-state index in [-0.39, 0.29) is 16.8 Å². The Balaban J connectivity index is 1.73. The molecule has 3 rings (SSSR count). The van der Waals surface area contributed by atoms with Gasteiger partial charge in [0.05, 0.1) is 16.8 Å². The molecule has 8 heteroatoms. The van der Waals surface area contributed by atoms with E-state index in [0.29, 0.717) is 22.9 Å². The van der Waals surface area contributed by atoms with Crippen LogP contribution in [0.2, 0.25) is 0 Å². The summed E-state index contributed by atoms with van der Waals surface area (Å²) in [6.07, 6.45) is 1.59. The highest BCUT2D eigenvalue weighted by Crippen LogP contribution is 2.23. The number of sulfonamides is 1. The van der Waals surface area contributed by atoms with Gasteiger partial charge in [-0.25, -0.2) is 13.4 Å². The molecule has 0 saturated carbocycles. The third-order valence-corrected chi connectivity index (χ3v) is 6.33. The highest BCUT2D eigenvalue weighted by Gasteiger charge is 2.22. The Morgan fingerprint density at radius 3 is 2.24 bits per heavy atom. The lowest BCUT2D eigenvalue weighted by Crippen LogP contribution is -2.28. The highest BCUT2D eigenvalue weighted by atomic mass is 32.2. The van der Waals surface area contributed by atoms with Crippen LogP contribution in [0.1, 0.15) is 40.5 Å². The van der Waals surface area contributed by atoms with Gasteiger partial charge in [-0.15, -0.1) is 0 Å². The molecule has 0 bridgehead atoms. The van der Waals surface area contributed by atoms with E-state index >= 15 is 0 Å². The van der Waals surface area contributed by atoms with Crippen LogP contribution < -0.4 is 9.62 Å². The van der Waals surface area contributed by atoms with Crippen LogP contribution in [-0.2, 0) is 10.0 Å². The minimum Gasteiger partial charge on any atom is -0.444 e. The molecule has 0 fully saturated rings. The van der Waals surface area contributed by atoms with Gasteiger partial charge < -0.3 is 9.73 Å². The number of nitrogens with one attached hydrogen (secondary N) is 1. The molecule has 2 aromatic carbocycles. The number of aryl methyl sites for hydroxylation is 2. The SMILES string of the molecule is Cc1ccc(S(=O)(=O)N(C)c2ccc(C(=O)N[C@H](C)c3ncc(C)o3)cc2)cc1. The van der Waals surface area contributed by atoms with Crippen LogP contribution in [0.3, 0.4) is 0 Å². The highest BCUT2D eigenvalue weighted by molar-refractivity contribution is 7.92. The average molecular weight is 413 g/mol. The molecular formula is C21H23N3O4S. The number of carbonyl (C=O) groups excluding carboxylic acids is 1. The normalized spacial score (nSPS) is 12.4. The Labute approximate surface area is 170 Å². The first kappa shape index (κ1) is 20.6. The fraction of sp³-hybridized carbons (Fsp3) is 0.238. The smallest absolute Gasteiger partial charge is 0.264 e. The zero-order chi connectivity index (χ0) is 21.2. The molecule has 1 amide bonds. The molecule has 0 unspecified atom stereocenters. The molecular weight excluding hydrogens is 390 g/mol. The second kappa shape index (κ2) is 8.08. The molecule has 1 N–H and O–H groups in total. The Hall–Kier alpha value is -3.13. The maximum Gasteiger partial charge on any atom is 0.264 e. The molecule has 0 spiro atoms. The van der Waals surface area contributed by atoms with Crippen molar-refractivity contribution in [2.24, 2.45) is 0 Å². The number of aromatic nitrogens is 1. The molecule has 1 aromatic heterocycles. The molecule has 152 valence electrons. The van der Waals surface area contributed by atoms with Crippen LogP contribution in [0, 0.1) is 13.8 Å². The molecule has 0 saturated heterocycles. The lowest BCUT2D eigenvalue weighted by Gasteiger charge is -2.20. The Bertz CT molecular complexity index is 1100. The zero-order valence-corrected chi connectivity index (χ0v) is 17.5. The number of hydrogen-bond donors (Lipinski definition) is 1. The molecule has 7 nitrogen and oxygen atoms in total. The maximum absolute atomic E-state index is 12.8. The fourth-order valence-corrected chi connectivity index (χ4v) is 3.94. The van der Waals surface area contributed by atoms with Crippen molar-refractivity contribution in [3.63, 3.8) is 0 Å². The summed E-state index contributed by atoms with van der Waals surface area (Å²) in [6, 6.07) is 12.6. The summed E-state index contributed by atoms with van der Waals surface area (Å²) in [7, 11) is -2.20. The first-order chi connectivity index (χ1) is 13.7. The van der Waals surface area contributed by atoms with Crippen molar-refractivity contribution in [2.45, 2.75) is 31.7 Å². The van der Waals surface area contributed by atoms with Crippen LogP contribution >= 0.6 is 0 Å². The van der Waals surface area contributed by atoms with Gasteiger partial charge in [-0.05, 0) is 57.2 Å². The van der Waals surface area contributed by atoms with Gasteiger partial charge in [-0.3, -0.25) is 9.10 Å². The van der Waals surface area contributed by atoms with Gasteiger partial charge in [0, 0.05) is 12.6 Å². The predicted molar refractivity (Wildman–Crippen MR) is 110 cm³/mol. The number of amides is 1. The van der Waals surface area contributed by atoms with E-state index in [0.717, 1.165) is 5.56 Å². The van der Waals surface area contributed by atoms with Crippen molar-refractivity contribution in [3.8, 4) is 0 Å². The quantitative estimate of drug-likeness (QED) is 0.666. The van der Waals surface area contributed by atoms with Gasteiger partial charge >= 0.3 is 0 Å². The molecule has 3 aromatic rings. The summed E-state index contributed by atoms with van der Waals surface area (Å²) >= 11 is 0. The zero-order valence-electron chi connectivity index (χ0n) is 16.7. The molecule has 29 heavy (non-hydrogen) atoms. The third-order valence-electron chi connectivity index (χ3n) is 4.53. The summed E-state index contributed by atoms with van der Waals surface area (Å²) in [4.78, 5) is 16.8. The lowest BCUT2D eigenvalue weighted by atomic mass is 10.2. The van der Waals surface area contributed by atoms with Gasteiger partial charge in [0.2, 0.25) is 5.89 Å². The minimum absolute atomic E-state index is 0.211. The van der Waals surface area contributed by atoms with E-state index in [2.05, 4.69) is 10.3 Å². The van der Waals surface area contributed by atoms with Crippen molar-refractivity contribution < 1.29 is 17.6 Å². The molecule has 0 radical (unpaired) electrons. The number of anilines is 1. The minimum atomic E-state index is -3.68. The van der Waals surface area contributed by atoms with E-state index in [1.165, 1.54) is 11.4 Å². The van der Waals surface area contributed by atoms with Crippen molar-refractivity contribution in [2.75, 3.05) is 11.4 Å². The van der Waals surface area contributed by atoms with Crippen LogP contribution in [0.4, 0.5) is 5.69 Å². The third kappa shape index (κ3) is 4.48. The summed E-state index contributed by atoms with van der Waals surface area (Å²) in [5.41, 5.74) is 1.85. The largest absolute Gasteiger partial charge is 0.444 e. The molecule has 1 heterocycles. The fourth-order valence-electron chi connectivity index (χ4n) is 2.74.